The summed E-state index contributed by atoms with van der Waals surface area (Å²) in [5.41, 5.74) is 1.97. The Kier molecular flexibility index (Phi) is 10.0. The molecule has 1 aliphatic rings. The highest BCUT2D eigenvalue weighted by atomic mass is 35.5. The number of aromatic nitrogens is 2. The van der Waals surface area contributed by atoms with E-state index in [0.717, 1.165) is 25.7 Å². The first kappa shape index (κ1) is 30.5. The Morgan fingerprint density at radius 1 is 1.08 bits per heavy atom. The fourth-order valence-electron chi connectivity index (χ4n) is 4.81. The quantitative estimate of drug-likeness (QED) is 0.243. The van der Waals surface area contributed by atoms with Crippen molar-refractivity contribution in [3.63, 3.8) is 0 Å². The number of carboxylic acids is 1. The molecule has 1 amide bonds. The van der Waals surface area contributed by atoms with Gasteiger partial charge >= 0.3 is 5.97 Å². The van der Waals surface area contributed by atoms with Crippen molar-refractivity contribution < 1.29 is 19.1 Å². The molecule has 7 nitrogen and oxygen atoms in total. The number of nitrogens with zero attached hydrogens (tertiary/aromatic N) is 3. The number of carbonyl (C=O) groups is 2. The monoisotopic (exact) mass is 579 g/mol. The van der Waals surface area contributed by atoms with E-state index in [1.54, 1.807) is 4.90 Å². The second kappa shape index (κ2) is 12.5. The maximum atomic E-state index is 13.8. The Morgan fingerprint density at radius 2 is 1.63 bits per heavy atom. The van der Waals surface area contributed by atoms with Gasteiger partial charge in [0.05, 0.1) is 12.6 Å². The Bertz CT molecular complexity index is 1110. The molecule has 2 aromatic rings. The van der Waals surface area contributed by atoms with Gasteiger partial charge in [-0.05, 0) is 80.3 Å². The minimum atomic E-state index is -2.07. The van der Waals surface area contributed by atoms with Crippen LogP contribution in [0.2, 0.25) is 28.4 Å². The zero-order valence-corrected chi connectivity index (χ0v) is 25.6. The fourth-order valence-corrected chi connectivity index (χ4v) is 6.72. The van der Waals surface area contributed by atoms with Crippen LogP contribution in [0.3, 0.4) is 0 Å². The lowest BCUT2D eigenvalue weighted by molar-refractivity contribution is -0.138. The van der Waals surface area contributed by atoms with Crippen LogP contribution in [0.4, 0.5) is 5.69 Å². The zero-order chi connectivity index (χ0) is 28.3. The molecule has 38 heavy (non-hydrogen) atoms. The van der Waals surface area contributed by atoms with Crippen molar-refractivity contribution in [2.75, 3.05) is 11.4 Å². The first-order valence-corrected chi connectivity index (χ1v) is 16.8. The summed E-state index contributed by atoms with van der Waals surface area (Å²) in [4.78, 5) is 34.4. The third-order valence-corrected chi connectivity index (χ3v) is 13.1. The SMILES string of the molecule is CC(CN(C(=O)c1c(Cl)ncnc1Cl)c1ccc(C2CCC(CC(=O)O)CC2)cc1)O[Si](C)(C)C(C)(C)C. The Morgan fingerprint density at radius 3 is 2.13 bits per heavy atom. The molecule has 1 unspecified atom stereocenters. The van der Waals surface area contributed by atoms with Gasteiger partial charge in [-0.15, -0.1) is 0 Å². The van der Waals surface area contributed by atoms with Gasteiger partial charge in [-0.3, -0.25) is 9.59 Å². The van der Waals surface area contributed by atoms with E-state index in [1.165, 1.54) is 11.9 Å². The zero-order valence-electron chi connectivity index (χ0n) is 23.1. The van der Waals surface area contributed by atoms with Crippen molar-refractivity contribution >= 4 is 49.1 Å². The number of halogens is 2. The van der Waals surface area contributed by atoms with Gasteiger partial charge in [-0.25, -0.2) is 9.97 Å². The molecule has 1 atom stereocenters. The van der Waals surface area contributed by atoms with E-state index in [9.17, 15) is 9.59 Å². The van der Waals surface area contributed by atoms with E-state index < -0.39 is 14.3 Å². The van der Waals surface area contributed by atoms with Crippen molar-refractivity contribution in [1.29, 1.82) is 0 Å². The maximum absolute atomic E-state index is 13.8. The normalized spacial score (nSPS) is 19.2. The lowest BCUT2D eigenvalue weighted by Crippen LogP contribution is -2.47. The summed E-state index contributed by atoms with van der Waals surface area (Å²) in [7, 11) is -2.07. The van der Waals surface area contributed by atoms with Crippen LogP contribution in [0.15, 0.2) is 30.6 Å². The molecule has 1 N–H and O–H groups in total. The number of aliphatic carboxylic acids is 1. The van der Waals surface area contributed by atoms with Gasteiger partial charge in [-0.2, -0.15) is 0 Å². The van der Waals surface area contributed by atoms with Gasteiger partial charge in [-0.1, -0.05) is 56.1 Å². The molecule has 1 fully saturated rings. The molecular formula is C28H39Cl2N3O4Si. The van der Waals surface area contributed by atoms with Crippen LogP contribution < -0.4 is 4.90 Å². The largest absolute Gasteiger partial charge is 0.481 e. The highest BCUT2D eigenvalue weighted by Crippen LogP contribution is 2.39. The number of hydrogen-bond donors (Lipinski definition) is 1. The number of anilines is 1. The predicted molar refractivity (Wildman–Crippen MR) is 155 cm³/mol. The van der Waals surface area contributed by atoms with Crippen LogP contribution in [0.25, 0.3) is 0 Å². The minimum absolute atomic E-state index is 0.00714. The van der Waals surface area contributed by atoms with Crippen molar-refractivity contribution in [2.24, 2.45) is 5.92 Å². The van der Waals surface area contributed by atoms with Gasteiger partial charge in [0, 0.05) is 12.1 Å². The molecule has 1 aromatic carbocycles. The van der Waals surface area contributed by atoms with Crippen LogP contribution in [0, 0.1) is 5.92 Å². The average Bonchev–Trinajstić information content (AvgIpc) is 2.81. The van der Waals surface area contributed by atoms with Crippen molar-refractivity contribution in [3.8, 4) is 0 Å². The highest BCUT2D eigenvalue weighted by molar-refractivity contribution is 6.74. The third-order valence-electron chi connectivity index (χ3n) is 7.94. The van der Waals surface area contributed by atoms with Crippen LogP contribution in [-0.2, 0) is 9.22 Å². The van der Waals surface area contributed by atoms with Gasteiger partial charge in [0.1, 0.15) is 22.2 Å². The van der Waals surface area contributed by atoms with Crippen molar-refractivity contribution in [2.45, 2.75) is 90.0 Å². The lowest BCUT2D eigenvalue weighted by Gasteiger charge is -2.39. The van der Waals surface area contributed by atoms with E-state index in [1.807, 2.05) is 19.1 Å². The first-order chi connectivity index (χ1) is 17.7. The lowest BCUT2D eigenvalue weighted by atomic mass is 9.77. The third kappa shape index (κ3) is 7.55. The van der Waals surface area contributed by atoms with Crippen LogP contribution in [0.1, 0.15) is 81.6 Å². The first-order valence-electron chi connectivity index (χ1n) is 13.2. The molecule has 1 aromatic heterocycles. The number of rotatable bonds is 9. The molecule has 1 saturated carbocycles. The molecule has 0 saturated heterocycles. The maximum Gasteiger partial charge on any atom is 0.303 e. The van der Waals surface area contributed by atoms with E-state index in [4.69, 9.17) is 32.7 Å². The molecule has 0 radical (unpaired) electrons. The van der Waals surface area contributed by atoms with E-state index in [0.29, 0.717) is 18.2 Å². The van der Waals surface area contributed by atoms with Crippen molar-refractivity contribution in [1.82, 2.24) is 9.97 Å². The number of carboxylic acid groups (broad SMARTS) is 1. The minimum Gasteiger partial charge on any atom is -0.481 e. The topological polar surface area (TPSA) is 92.6 Å². The summed E-state index contributed by atoms with van der Waals surface area (Å²) in [6.07, 6.45) is 4.99. The Hall–Kier alpha value is -2.00. The molecule has 0 spiro atoms. The standard InChI is InChI=1S/C28H39Cl2N3O4Si/c1-18(37-38(5,6)28(2,3)4)16-33(27(36)24-25(29)31-17-32-26(24)30)22-13-11-21(12-14-22)20-9-7-19(8-10-20)15-23(34)35/h11-14,17-20H,7-10,15-16H2,1-6H3,(H,34,35). The number of carbonyl (C=O) groups excluding carboxylic acids is 1. The molecular weight excluding hydrogens is 541 g/mol. The molecule has 1 heterocycles. The summed E-state index contributed by atoms with van der Waals surface area (Å²) in [6.45, 7) is 13.2. The van der Waals surface area contributed by atoms with Crippen LogP contribution >= 0.6 is 23.2 Å². The summed E-state index contributed by atoms with van der Waals surface area (Å²) in [5.74, 6) is -0.474. The summed E-state index contributed by atoms with van der Waals surface area (Å²) in [6, 6.07) is 8.01. The van der Waals surface area contributed by atoms with Gasteiger partial charge in [0.15, 0.2) is 8.32 Å². The Balaban J connectivity index is 1.85. The molecule has 3 rings (SSSR count). The van der Waals surface area contributed by atoms with Crippen LogP contribution in [0.5, 0.6) is 0 Å². The Labute approximate surface area is 237 Å². The molecule has 0 aliphatic heterocycles. The van der Waals surface area contributed by atoms with Gasteiger partial charge in [0.25, 0.3) is 5.91 Å². The molecule has 1 aliphatic carbocycles. The summed E-state index contributed by atoms with van der Waals surface area (Å²) < 4.78 is 6.56. The summed E-state index contributed by atoms with van der Waals surface area (Å²) >= 11 is 12.6. The smallest absolute Gasteiger partial charge is 0.303 e. The second-order valence-corrected chi connectivity index (χ2v) is 17.3. The number of benzene rings is 1. The number of hydrogen-bond acceptors (Lipinski definition) is 5. The highest BCUT2D eigenvalue weighted by Gasteiger charge is 2.39. The van der Waals surface area contributed by atoms with E-state index in [-0.39, 0.29) is 45.3 Å². The van der Waals surface area contributed by atoms with Crippen molar-refractivity contribution in [3.05, 3.63) is 52.0 Å². The van der Waals surface area contributed by atoms with Crippen LogP contribution in [-0.4, -0.2) is 47.9 Å². The fraction of sp³-hybridized carbons (Fsp3) is 0.571. The van der Waals surface area contributed by atoms with E-state index in [2.05, 4.69) is 56.0 Å². The summed E-state index contributed by atoms with van der Waals surface area (Å²) in [5, 5.41) is 9.14. The van der Waals surface area contributed by atoms with E-state index >= 15 is 0 Å². The molecule has 208 valence electrons. The second-order valence-electron chi connectivity index (χ2n) is 11.8. The van der Waals surface area contributed by atoms with Gasteiger partial charge in [0.2, 0.25) is 0 Å². The molecule has 0 bridgehead atoms. The average molecular weight is 581 g/mol. The molecule has 10 heteroatoms. The number of amides is 1. The van der Waals surface area contributed by atoms with Gasteiger partial charge < -0.3 is 14.4 Å². The predicted octanol–water partition coefficient (Wildman–Crippen LogP) is 7.59.